The summed E-state index contributed by atoms with van der Waals surface area (Å²) in [5, 5.41) is 0. The van der Waals surface area contributed by atoms with Crippen molar-refractivity contribution in [3.63, 3.8) is 0 Å². The largest absolute Gasteiger partial charge is 0.249 e. The van der Waals surface area contributed by atoms with E-state index in [-0.39, 0.29) is 13.5 Å². The highest BCUT2D eigenvalue weighted by molar-refractivity contribution is 7.59. The number of hydrogen-bond acceptors (Lipinski definition) is 2. The van der Waals surface area contributed by atoms with Crippen LogP contribution < -0.4 is 0 Å². The fraction of sp³-hybridized carbons (Fsp3) is 0.438. The Bertz CT molecular complexity index is 477. The molecule has 0 aliphatic heterocycles. The summed E-state index contributed by atoms with van der Waals surface area (Å²) in [6.07, 6.45) is 1.14. The molecule has 0 N–H and O–H groups in total. The van der Waals surface area contributed by atoms with Crippen molar-refractivity contribution >= 4 is 24.8 Å². The van der Waals surface area contributed by atoms with Gasteiger partial charge >= 0.3 is 0 Å². The van der Waals surface area contributed by atoms with Crippen LogP contribution in [0.4, 0.5) is 0 Å². The summed E-state index contributed by atoms with van der Waals surface area (Å²) in [7, 11) is 0. The second-order valence-electron chi connectivity index (χ2n) is 4.25. The summed E-state index contributed by atoms with van der Waals surface area (Å²) in [5.41, 5.74) is 5.82. The van der Waals surface area contributed by atoms with Crippen LogP contribution in [0.5, 0.6) is 0 Å². The Morgan fingerprint density at radius 3 is 2.53 bits per heavy atom. The van der Waals surface area contributed by atoms with Crippen LogP contribution in [0.15, 0.2) is 29.8 Å². The Morgan fingerprint density at radius 1 is 1.26 bits per heavy atom. The lowest BCUT2D eigenvalue weighted by molar-refractivity contribution is 0.715. The second kappa shape index (κ2) is 9.16. The minimum Gasteiger partial charge on any atom is -0.249 e. The van der Waals surface area contributed by atoms with Crippen molar-refractivity contribution in [2.24, 2.45) is 0 Å². The smallest absolute Gasteiger partial charge is 0.0801 e. The predicted molar refractivity (Wildman–Crippen MR) is 92.7 cm³/mol. The maximum atomic E-state index is 4.51. The predicted octanol–water partition coefficient (Wildman–Crippen LogP) is 5.77. The van der Waals surface area contributed by atoms with Gasteiger partial charge in [-0.15, -0.1) is 11.3 Å². The number of aromatic nitrogens is 1. The molecular weight excluding hydrogens is 270 g/mol. The summed E-state index contributed by atoms with van der Waals surface area (Å²) in [6.45, 7) is 10.6. The molecular formula is C16H25NS2. The van der Waals surface area contributed by atoms with E-state index < -0.39 is 0 Å². The molecule has 1 atom stereocenters. The van der Waals surface area contributed by atoms with Crippen molar-refractivity contribution in [1.29, 1.82) is 0 Å². The molecule has 0 radical (unpaired) electrons. The zero-order chi connectivity index (χ0) is 13.5. The van der Waals surface area contributed by atoms with Crippen molar-refractivity contribution in [3.05, 3.63) is 41.0 Å². The molecule has 0 spiro atoms. The Hall–Kier alpha value is -0.800. The third-order valence-corrected chi connectivity index (χ3v) is 3.85. The molecule has 2 rings (SSSR count). The van der Waals surface area contributed by atoms with Crippen molar-refractivity contribution in [2.75, 3.05) is 0 Å². The minimum absolute atomic E-state index is 0. The van der Waals surface area contributed by atoms with E-state index in [0.717, 1.165) is 6.42 Å². The summed E-state index contributed by atoms with van der Waals surface area (Å²) < 4.78 is 0. The summed E-state index contributed by atoms with van der Waals surface area (Å²) in [5.74, 6) is 0.543. The van der Waals surface area contributed by atoms with Crippen molar-refractivity contribution in [2.45, 2.75) is 47.0 Å². The first kappa shape index (κ1) is 18.2. The van der Waals surface area contributed by atoms with Gasteiger partial charge in [-0.05, 0) is 24.8 Å². The fourth-order valence-electron chi connectivity index (χ4n) is 1.80. The standard InChI is InChI=1S/C14H17NS.C2H6.H2S/c1-4-11(3)13-14(16-9-15-13)12-7-5-6-10(2)8-12;1-2;/h5-9,11H,4H2,1-3H3;1-2H3;1H2. The highest BCUT2D eigenvalue weighted by atomic mass is 32.1. The molecule has 0 amide bonds. The van der Waals surface area contributed by atoms with Crippen LogP contribution in [0.2, 0.25) is 0 Å². The Labute approximate surface area is 128 Å². The van der Waals surface area contributed by atoms with E-state index in [4.69, 9.17) is 0 Å². The van der Waals surface area contributed by atoms with Gasteiger partial charge in [0, 0.05) is 0 Å². The van der Waals surface area contributed by atoms with Gasteiger partial charge in [-0.25, -0.2) is 4.98 Å². The quantitative estimate of drug-likeness (QED) is 0.700. The molecule has 0 saturated carbocycles. The first-order valence-electron chi connectivity index (χ1n) is 6.72. The summed E-state index contributed by atoms with van der Waals surface area (Å²) in [6, 6.07) is 8.66. The molecule has 106 valence electrons. The number of thiazole rings is 1. The van der Waals surface area contributed by atoms with Gasteiger partial charge in [0.2, 0.25) is 0 Å². The zero-order valence-corrected chi connectivity index (χ0v) is 14.3. The first-order chi connectivity index (χ1) is 8.72. The molecule has 1 nitrogen and oxygen atoms in total. The zero-order valence-electron chi connectivity index (χ0n) is 12.5. The number of rotatable bonds is 3. The van der Waals surface area contributed by atoms with E-state index in [1.165, 1.54) is 21.7 Å². The topological polar surface area (TPSA) is 12.9 Å². The van der Waals surface area contributed by atoms with Gasteiger partial charge in [-0.2, -0.15) is 13.5 Å². The Balaban J connectivity index is 0.00000103. The third-order valence-electron chi connectivity index (χ3n) is 2.95. The van der Waals surface area contributed by atoms with Gasteiger partial charge in [0.15, 0.2) is 0 Å². The van der Waals surface area contributed by atoms with E-state index >= 15 is 0 Å². The van der Waals surface area contributed by atoms with Gasteiger partial charge in [-0.1, -0.05) is 57.5 Å². The van der Waals surface area contributed by atoms with Crippen molar-refractivity contribution in [1.82, 2.24) is 4.98 Å². The molecule has 1 unspecified atom stereocenters. The Kier molecular flexibility index (Phi) is 8.77. The number of nitrogens with zero attached hydrogens (tertiary/aromatic N) is 1. The molecule has 0 fully saturated rings. The molecule has 0 bridgehead atoms. The Morgan fingerprint density at radius 2 is 1.95 bits per heavy atom. The van der Waals surface area contributed by atoms with Crippen LogP contribution in [-0.2, 0) is 0 Å². The normalized spacial score (nSPS) is 11.0. The molecule has 19 heavy (non-hydrogen) atoms. The molecule has 0 aliphatic rings. The maximum absolute atomic E-state index is 4.51. The van der Waals surface area contributed by atoms with E-state index in [1.807, 2.05) is 19.4 Å². The van der Waals surface area contributed by atoms with Crippen LogP contribution in [0.1, 0.15) is 51.3 Å². The SMILES string of the molecule is CC.CCC(C)c1ncsc1-c1cccc(C)c1.S. The van der Waals surface area contributed by atoms with E-state index in [1.54, 1.807) is 11.3 Å². The van der Waals surface area contributed by atoms with E-state index in [9.17, 15) is 0 Å². The monoisotopic (exact) mass is 295 g/mol. The first-order valence-corrected chi connectivity index (χ1v) is 7.60. The fourth-order valence-corrected chi connectivity index (χ4v) is 2.71. The molecule has 3 heteroatoms. The van der Waals surface area contributed by atoms with Gasteiger partial charge in [-0.3, -0.25) is 0 Å². The van der Waals surface area contributed by atoms with Crippen LogP contribution in [-0.4, -0.2) is 4.98 Å². The van der Waals surface area contributed by atoms with Gasteiger partial charge in [0.25, 0.3) is 0 Å². The third kappa shape index (κ3) is 4.66. The molecule has 2 aromatic rings. The molecule has 0 aliphatic carbocycles. The lowest BCUT2D eigenvalue weighted by Gasteiger charge is -2.08. The molecule has 0 saturated heterocycles. The molecule has 1 heterocycles. The highest BCUT2D eigenvalue weighted by Crippen LogP contribution is 2.33. The van der Waals surface area contributed by atoms with Gasteiger partial charge in [0.1, 0.15) is 0 Å². The molecule has 1 aromatic heterocycles. The van der Waals surface area contributed by atoms with Gasteiger partial charge < -0.3 is 0 Å². The lowest BCUT2D eigenvalue weighted by Crippen LogP contribution is -1.93. The van der Waals surface area contributed by atoms with E-state index in [2.05, 4.69) is 50.0 Å². The highest BCUT2D eigenvalue weighted by Gasteiger charge is 2.13. The number of benzene rings is 1. The summed E-state index contributed by atoms with van der Waals surface area (Å²) in [4.78, 5) is 5.84. The van der Waals surface area contributed by atoms with Crippen LogP contribution in [0.3, 0.4) is 0 Å². The molecule has 1 aromatic carbocycles. The summed E-state index contributed by atoms with van der Waals surface area (Å²) >= 11 is 1.74. The van der Waals surface area contributed by atoms with Crippen LogP contribution in [0.25, 0.3) is 10.4 Å². The van der Waals surface area contributed by atoms with Crippen LogP contribution >= 0.6 is 24.8 Å². The van der Waals surface area contributed by atoms with Crippen molar-refractivity contribution < 1.29 is 0 Å². The lowest BCUT2D eigenvalue weighted by atomic mass is 10.0. The number of aryl methyl sites for hydroxylation is 1. The van der Waals surface area contributed by atoms with E-state index in [0.29, 0.717) is 5.92 Å². The van der Waals surface area contributed by atoms with Crippen LogP contribution in [0, 0.1) is 6.92 Å². The minimum atomic E-state index is 0. The number of hydrogen-bond donors (Lipinski definition) is 0. The van der Waals surface area contributed by atoms with Crippen molar-refractivity contribution in [3.8, 4) is 10.4 Å². The van der Waals surface area contributed by atoms with Gasteiger partial charge in [0.05, 0.1) is 16.1 Å². The second-order valence-corrected chi connectivity index (χ2v) is 5.10. The average molecular weight is 296 g/mol. The maximum Gasteiger partial charge on any atom is 0.0801 e. The average Bonchev–Trinajstić information content (AvgIpc) is 2.89.